The van der Waals surface area contributed by atoms with Crippen LogP contribution in [0.4, 0.5) is 14.9 Å². The van der Waals surface area contributed by atoms with Crippen molar-refractivity contribution in [1.82, 2.24) is 9.55 Å². The molecule has 5 rings (SSSR count). The van der Waals surface area contributed by atoms with E-state index in [-0.39, 0.29) is 64.2 Å². The third-order valence-electron chi connectivity index (χ3n) is 7.02. The molecular weight excluding hydrogens is 485 g/mol. The second-order valence-electron chi connectivity index (χ2n) is 10.2. The number of halogens is 1. The summed E-state index contributed by atoms with van der Waals surface area (Å²) in [4.78, 5) is 55.4. The Kier molecular flexibility index (Phi) is 5.27. The number of rotatable bonds is 3. The van der Waals surface area contributed by atoms with E-state index in [2.05, 4.69) is 4.98 Å². The van der Waals surface area contributed by atoms with Crippen molar-refractivity contribution in [3.05, 3.63) is 56.6 Å². The summed E-state index contributed by atoms with van der Waals surface area (Å²) in [5.41, 5.74) is -2.34. The maximum Gasteiger partial charge on any atom is 0.412 e. The molecule has 0 radical (unpaired) electrons. The summed E-state index contributed by atoms with van der Waals surface area (Å²) in [6, 6.07) is 3.83. The first-order chi connectivity index (χ1) is 17.3. The third-order valence-corrected chi connectivity index (χ3v) is 7.02. The van der Waals surface area contributed by atoms with Crippen molar-refractivity contribution in [3.63, 3.8) is 0 Å². The van der Waals surface area contributed by atoms with E-state index in [0.717, 1.165) is 11.0 Å². The van der Waals surface area contributed by atoms with Crippen molar-refractivity contribution in [3.8, 4) is 11.4 Å². The van der Waals surface area contributed by atoms with Crippen LogP contribution in [0.2, 0.25) is 0 Å². The van der Waals surface area contributed by atoms with Crippen LogP contribution in [0.3, 0.4) is 0 Å². The number of benzene rings is 1. The molecule has 11 heteroatoms. The summed E-state index contributed by atoms with van der Waals surface area (Å²) in [6.45, 7) is 6.11. The Morgan fingerprint density at radius 2 is 1.97 bits per heavy atom. The minimum atomic E-state index is -2.01. The van der Waals surface area contributed by atoms with E-state index in [9.17, 15) is 29.4 Å². The molecule has 0 aliphatic carbocycles. The Morgan fingerprint density at radius 3 is 2.57 bits per heavy atom. The number of hydrogen-bond acceptors (Lipinski definition) is 7. The molecule has 192 valence electrons. The summed E-state index contributed by atoms with van der Waals surface area (Å²) in [6.07, 6.45) is -0.822. The van der Waals surface area contributed by atoms with Gasteiger partial charge in [-0.3, -0.25) is 14.5 Å². The maximum atomic E-state index is 15.3. The van der Waals surface area contributed by atoms with Gasteiger partial charge in [0, 0.05) is 33.7 Å². The zero-order valence-corrected chi connectivity index (χ0v) is 20.6. The molecule has 0 spiro atoms. The lowest BCUT2D eigenvalue weighted by Gasteiger charge is -2.33. The molecule has 3 aromatic rings. The highest BCUT2D eigenvalue weighted by Crippen LogP contribution is 2.41. The number of carboxylic acid groups (broad SMARTS) is 1. The number of carbonyl (C=O) groups is 3. The zero-order chi connectivity index (χ0) is 27.0. The molecule has 2 aromatic heterocycles. The van der Waals surface area contributed by atoms with E-state index < -0.39 is 34.6 Å². The number of nitrogens with zero attached hydrogens (tertiary/aromatic N) is 3. The molecule has 0 saturated heterocycles. The number of cyclic esters (lactones) is 1. The monoisotopic (exact) mass is 509 g/mol. The average molecular weight is 509 g/mol. The van der Waals surface area contributed by atoms with Gasteiger partial charge in [0.1, 0.15) is 12.4 Å². The van der Waals surface area contributed by atoms with Gasteiger partial charge in [0.15, 0.2) is 11.9 Å². The lowest BCUT2D eigenvalue weighted by molar-refractivity contribution is -0.172. The van der Waals surface area contributed by atoms with E-state index in [0.29, 0.717) is 11.8 Å². The summed E-state index contributed by atoms with van der Waals surface area (Å²) >= 11 is 0. The van der Waals surface area contributed by atoms with E-state index in [1.165, 1.54) is 16.7 Å². The number of amides is 1. The Bertz CT molecular complexity index is 1600. The highest BCUT2D eigenvalue weighted by atomic mass is 19.1. The molecule has 37 heavy (non-hydrogen) atoms. The van der Waals surface area contributed by atoms with Crippen molar-refractivity contribution < 1.29 is 33.7 Å². The first-order valence-corrected chi connectivity index (χ1v) is 11.6. The Morgan fingerprint density at radius 1 is 1.27 bits per heavy atom. The molecule has 4 heterocycles. The van der Waals surface area contributed by atoms with Crippen LogP contribution in [-0.2, 0) is 28.3 Å². The van der Waals surface area contributed by atoms with Crippen LogP contribution < -0.4 is 10.5 Å². The summed E-state index contributed by atoms with van der Waals surface area (Å²) in [5.74, 6) is -1.71. The molecule has 2 aliphatic heterocycles. The fourth-order valence-electron chi connectivity index (χ4n) is 5.18. The van der Waals surface area contributed by atoms with Gasteiger partial charge in [0.25, 0.3) is 5.56 Å². The van der Waals surface area contributed by atoms with Crippen LogP contribution in [0.25, 0.3) is 22.3 Å². The van der Waals surface area contributed by atoms with Gasteiger partial charge < -0.3 is 19.5 Å². The zero-order valence-electron chi connectivity index (χ0n) is 20.6. The number of aliphatic hydroxyl groups is 1. The van der Waals surface area contributed by atoms with Crippen molar-refractivity contribution in [2.75, 3.05) is 4.90 Å². The number of esters is 1. The van der Waals surface area contributed by atoms with Gasteiger partial charge in [-0.05, 0) is 39.3 Å². The predicted octanol–water partition coefficient (Wildman–Crippen LogP) is 3.31. The summed E-state index contributed by atoms with van der Waals surface area (Å²) in [5, 5.41) is 21.0. The van der Waals surface area contributed by atoms with Gasteiger partial charge in [0.05, 0.1) is 34.7 Å². The third kappa shape index (κ3) is 3.37. The van der Waals surface area contributed by atoms with Gasteiger partial charge in [-0.15, -0.1) is 0 Å². The smallest absolute Gasteiger partial charge is 0.412 e. The van der Waals surface area contributed by atoms with Gasteiger partial charge >= 0.3 is 12.1 Å². The van der Waals surface area contributed by atoms with Crippen LogP contribution in [0.1, 0.15) is 61.2 Å². The number of ether oxygens (including phenoxy) is 1. The van der Waals surface area contributed by atoms with Crippen molar-refractivity contribution >= 4 is 34.9 Å². The minimum absolute atomic E-state index is 0.0266. The molecule has 1 amide bonds. The lowest BCUT2D eigenvalue weighted by atomic mass is 9.86. The molecule has 0 bridgehead atoms. The fraction of sp³-hybridized carbons (Fsp3) is 0.346. The molecule has 0 fully saturated rings. The van der Waals surface area contributed by atoms with E-state index >= 15 is 4.39 Å². The molecule has 2 aliphatic rings. The van der Waals surface area contributed by atoms with Gasteiger partial charge in [-0.2, -0.15) is 0 Å². The molecule has 0 saturated carbocycles. The topological polar surface area (TPSA) is 139 Å². The number of pyridine rings is 2. The number of hydrogen-bond donors (Lipinski definition) is 2. The minimum Gasteiger partial charge on any atom is -0.465 e. The fourth-order valence-corrected chi connectivity index (χ4v) is 5.18. The highest BCUT2D eigenvalue weighted by Gasteiger charge is 2.45. The van der Waals surface area contributed by atoms with Crippen LogP contribution in [-0.4, -0.2) is 43.7 Å². The summed E-state index contributed by atoms with van der Waals surface area (Å²) < 4.78 is 21.7. The Balaban J connectivity index is 1.79. The van der Waals surface area contributed by atoms with E-state index in [1.807, 2.05) is 0 Å². The van der Waals surface area contributed by atoms with Crippen LogP contribution >= 0.6 is 0 Å². The Hall–Kier alpha value is -4.12. The molecule has 0 unspecified atom stereocenters. The van der Waals surface area contributed by atoms with Gasteiger partial charge in [0.2, 0.25) is 0 Å². The van der Waals surface area contributed by atoms with E-state index in [1.54, 1.807) is 27.7 Å². The normalized spacial score (nSPS) is 18.2. The van der Waals surface area contributed by atoms with Crippen LogP contribution in [0.5, 0.6) is 0 Å². The largest absolute Gasteiger partial charge is 0.465 e. The van der Waals surface area contributed by atoms with E-state index in [4.69, 9.17) is 4.74 Å². The molecule has 10 nitrogen and oxygen atoms in total. The number of fused-ring (bicyclic) bond motifs is 5. The SMILES string of the molecule is CC[C@@]1(O)C(=O)OCc2c1cc1n(c2=O)Cc2c-1nc1cc(F)c(N(C(=O)O)C(C)(C)C)cc1c2C=O. The number of aldehydes is 1. The quantitative estimate of drug-likeness (QED) is 0.317. The molecule has 1 atom stereocenters. The Labute approximate surface area is 209 Å². The average Bonchev–Trinajstić information content (AvgIpc) is 3.18. The van der Waals surface area contributed by atoms with Crippen molar-refractivity contribution in [2.24, 2.45) is 0 Å². The molecular formula is C26H24FN3O7. The predicted molar refractivity (Wildman–Crippen MR) is 130 cm³/mol. The second kappa shape index (κ2) is 7.94. The number of anilines is 1. The van der Waals surface area contributed by atoms with Crippen LogP contribution in [0.15, 0.2) is 23.0 Å². The number of carbonyl (C=O) groups excluding carboxylic acids is 2. The van der Waals surface area contributed by atoms with Crippen molar-refractivity contribution in [1.29, 1.82) is 0 Å². The number of aromatic nitrogens is 2. The van der Waals surface area contributed by atoms with Crippen molar-refractivity contribution in [2.45, 2.75) is 58.4 Å². The highest BCUT2D eigenvalue weighted by molar-refractivity contribution is 6.03. The van der Waals surface area contributed by atoms with Gasteiger partial charge in [-0.1, -0.05) is 6.92 Å². The maximum absolute atomic E-state index is 15.3. The first-order valence-electron chi connectivity index (χ1n) is 11.6. The standard InChI is InChI=1S/C26H24FN3O7/c1-5-26(36)16-7-20-21-13(9-29(20)22(32)15(16)11-37-23(26)33)14(10-31)12-6-19(17(27)8-18(12)28-21)30(24(34)35)25(2,3)4/h6-8,10,36H,5,9,11H2,1-4H3,(H,34,35)/t26-/m0/s1. The first kappa shape index (κ1) is 24.6. The second-order valence-corrected chi connectivity index (χ2v) is 10.2. The lowest BCUT2D eigenvalue weighted by Crippen LogP contribution is -2.45. The molecule has 2 N–H and O–H groups in total. The molecule has 1 aromatic carbocycles. The summed E-state index contributed by atoms with van der Waals surface area (Å²) in [7, 11) is 0. The van der Waals surface area contributed by atoms with Gasteiger partial charge in [-0.25, -0.2) is 19.0 Å². The van der Waals surface area contributed by atoms with Crippen LogP contribution in [0, 0.1) is 5.82 Å².